The van der Waals surface area contributed by atoms with Crippen molar-refractivity contribution in [1.29, 1.82) is 0 Å². The molecule has 0 saturated carbocycles. The van der Waals surface area contributed by atoms with Crippen LogP contribution in [0, 0.1) is 6.92 Å². The molecule has 18 heavy (non-hydrogen) atoms. The predicted molar refractivity (Wildman–Crippen MR) is 74.9 cm³/mol. The molecule has 0 fully saturated rings. The summed E-state index contributed by atoms with van der Waals surface area (Å²) in [5, 5.41) is 4.26. The first-order valence-corrected chi connectivity index (χ1v) is 5.96. The molecule has 2 aromatic rings. The van der Waals surface area contributed by atoms with Gasteiger partial charge < -0.3 is 10.5 Å². The van der Waals surface area contributed by atoms with E-state index < -0.39 is 0 Å². The van der Waals surface area contributed by atoms with E-state index in [2.05, 4.69) is 5.10 Å². The topological polar surface area (TPSA) is 53.1 Å². The lowest BCUT2D eigenvalue weighted by Crippen LogP contribution is -2.11. The van der Waals surface area contributed by atoms with E-state index in [1.807, 2.05) is 42.2 Å². The third kappa shape index (κ3) is 2.68. The van der Waals surface area contributed by atoms with E-state index in [0.29, 0.717) is 11.5 Å². The average Bonchev–Trinajstić information content (AvgIpc) is 2.74. The van der Waals surface area contributed by atoms with E-state index in [-0.39, 0.29) is 0 Å². The highest BCUT2D eigenvalue weighted by atomic mass is 32.1. The van der Waals surface area contributed by atoms with E-state index in [1.54, 1.807) is 7.11 Å². The fourth-order valence-corrected chi connectivity index (χ4v) is 1.91. The molecule has 0 amide bonds. The van der Waals surface area contributed by atoms with Crippen LogP contribution in [0.25, 0.3) is 0 Å². The van der Waals surface area contributed by atoms with Gasteiger partial charge in [-0.05, 0) is 30.7 Å². The Kier molecular flexibility index (Phi) is 3.62. The van der Waals surface area contributed by atoms with Crippen molar-refractivity contribution >= 4 is 17.2 Å². The molecule has 0 unspecified atom stereocenters. The van der Waals surface area contributed by atoms with Crippen LogP contribution in [0.5, 0.6) is 5.75 Å². The van der Waals surface area contributed by atoms with Gasteiger partial charge in [0.15, 0.2) is 0 Å². The molecule has 1 heterocycles. The number of ether oxygens (including phenoxy) is 1. The number of aryl methyl sites for hydroxylation is 1. The maximum Gasteiger partial charge on any atom is 0.123 e. The fourth-order valence-electron chi connectivity index (χ4n) is 1.78. The second-order valence-corrected chi connectivity index (χ2v) is 4.55. The molecule has 0 spiro atoms. The summed E-state index contributed by atoms with van der Waals surface area (Å²) in [7, 11) is 1.65. The van der Waals surface area contributed by atoms with Crippen molar-refractivity contribution < 1.29 is 4.74 Å². The Hall–Kier alpha value is -1.88. The van der Waals surface area contributed by atoms with Crippen LogP contribution in [0.4, 0.5) is 0 Å². The van der Waals surface area contributed by atoms with E-state index >= 15 is 0 Å². The van der Waals surface area contributed by atoms with E-state index in [9.17, 15) is 0 Å². The summed E-state index contributed by atoms with van der Waals surface area (Å²) in [5.41, 5.74) is 8.61. The SMILES string of the molecule is COc1ccc(C(N)=S)cc1Cn1cc(C)cn1. The molecule has 0 radical (unpaired) electrons. The highest BCUT2D eigenvalue weighted by Crippen LogP contribution is 2.21. The molecule has 1 aromatic carbocycles. The quantitative estimate of drug-likeness (QED) is 0.854. The van der Waals surface area contributed by atoms with Crippen LogP contribution in [0.2, 0.25) is 0 Å². The van der Waals surface area contributed by atoms with Crippen LogP contribution in [-0.2, 0) is 6.54 Å². The van der Waals surface area contributed by atoms with Crippen LogP contribution in [0.1, 0.15) is 16.7 Å². The third-order valence-corrected chi connectivity index (χ3v) is 2.90. The van der Waals surface area contributed by atoms with Crippen molar-refractivity contribution in [2.75, 3.05) is 7.11 Å². The van der Waals surface area contributed by atoms with Crippen LogP contribution in [0.15, 0.2) is 30.6 Å². The van der Waals surface area contributed by atoms with Gasteiger partial charge in [0.05, 0.1) is 19.9 Å². The van der Waals surface area contributed by atoms with Crippen molar-refractivity contribution in [3.8, 4) is 5.75 Å². The zero-order valence-electron chi connectivity index (χ0n) is 10.4. The molecule has 0 aliphatic heterocycles. The van der Waals surface area contributed by atoms with Gasteiger partial charge in [-0.25, -0.2) is 0 Å². The van der Waals surface area contributed by atoms with Gasteiger partial charge in [0.25, 0.3) is 0 Å². The molecule has 4 nitrogen and oxygen atoms in total. The molecule has 2 N–H and O–H groups in total. The van der Waals surface area contributed by atoms with Crippen molar-refractivity contribution in [1.82, 2.24) is 9.78 Å². The molecule has 0 aliphatic carbocycles. The Balaban J connectivity index is 2.35. The minimum Gasteiger partial charge on any atom is -0.496 e. The molecule has 0 aliphatic rings. The van der Waals surface area contributed by atoms with Crippen LogP contribution >= 0.6 is 12.2 Å². The summed E-state index contributed by atoms with van der Waals surface area (Å²) >= 11 is 4.98. The molecule has 0 atom stereocenters. The Labute approximate surface area is 111 Å². The predicted octanol–water partition coefficient (Wildman–Crippen LogP) is 1.88. The molecule has 94 valence electrons. The fraction of sp³-hybridized carbons (Fsp3) is 0.231. The summed E-state index contributed by atoms with van der Waals surface area (Å²) in [5.74, 6) is 0.808. The van der Waals surface area contributed by atoms with Gasteiger partial charge in [-0.1, -0.05) is 12.2 Å². The summed E-state index contributed by atoms with van der Waals surface area (Å²) in [6, 6.07) is 5.68. The normalized spacial score (nSPS) is 10.3. The lowest BCUT2D eigenvalue weighted by atomic mass is 10.1. The molecule has 2 rings (SSSR count). The first-order valence-electron chi connectivity index (χ1n) is 5.56. The van der Waals surface area contributed by atoms with Gasteiger partial charge in [0.1, 0.15) is 10.7 Å². The number of hydrogen-bond acceptors (Lipinski definition) is 3. The zero-order valence-corrected chi connectivity index (χ0v) is 11.2. The van der Waals surface area contributed by atoms with Crippen molar-refractivity contribution in [2.45, 2.75) is 13.5 Å². The highest BCUT2D eigenvalue weighted by Gasteiger charge is 2.07. The standard InChI is InChI=1S/C13H15N3OS/c1-9-6-15-16(7-9)8-11-5-10(13(14)18)3-4-12(11)17-2/h3-7H,8H2,1-2H3,(H2,14,18). The number of rotatable bonds is 4. The van der Waals surface area contributed by atoms with Gasteiger partial charge >= 0.3 is 0 Å². The van der Waals surface area contributed by atoms with Gasteiger partial charge in [0, 0.05) is 17.3 Å². The molecular weight excluding hydrogens is 246 g/mol. The summed E-state index contributed by atoms with van der Waals surface area (Å²) in [6.45, 7) is 2.64. The van der Waals surface area contributed by atoms with Crippen molar-refractivity contribution in [2.24, 2.45) is 5.73 Å². The largest absolute Gasteiger partial charge is 0.496 e. The Morgan fingerprint density at radius 3 is 2.83 bits per heavy atom. The number of hydrogen-bond donors (Lipinski definition) is 1. The monoisotopic (exact) mass is 261 g/mol. The minimum atomic E-state index is 0.385. The second kappa shape index (κ2) is 5.18. The number of nitrogens with two attached hydrogens (primary N) is 1. The number of aromatic nitrogens is 2. The van der Waals surface area contributed by atoms with E-state index in [0.717, 1.165) is 22.4 Å². The first kappa shape index (κ1) is 12.6. The zero-order chi connectivity index (χ0) is 13.1. The van der Waals surface area contributed by atoms with Gasteiger partial charge in [-0.3, -0.25) is 4.68 Å². The lowest BCUT2D eigenvalue weighted by molar-refractivity contribution is 0.407. The average molecular weight is 261 g/mol. The van der Waals surface area contributed by atoms with Gasteiger partial charge in [-0.2, -0.15) is 5.10 Å². The molecule has 5 heteroatoms. The number of nitrogens with zero attached hydrogens (tertiary/aromatic N) is 2. The van der Waals surface area contributed by atoms with Crippen LogP contribution in [-0.4, -0.2) is 21.9 Å². The number of benzene rings is 1. The second-order valence-electron chi connectivity index (χ2n) is 4.11. The Morgan fingerprint density at radius 1 is 1.50 bits per heavy atom. The maximum atomic E-state index is 5.64. The minimum absolute atomic E-state index is 0.385. The lowest BCUT2D eigenvalue weighted by Gasteiger charge is -2.10. The number of methoxy groups -OCH3 is 1. The highest BCUT2D eigenvalue weighted by molar-refractivity contribution is 7.80. The molecular formula is C13H15N3OS. The van der Waals surface area contributed by atoms with Crippen molar-refractivity contribution in [3.63, 3.8) is 0 Å². The molecule has 0 saturated heterocycles. The summed E-state index contributed by atoms with van der Waals surface area (Å²) in [4.78, 5) is 0.385. The van der Waals surface area contributed by atoms with Gasteiger partial charge in [-0.15, -0.1) is 0 Å². The smallest absolute Gasteiger partial charge is 0.123 e. The van der Waals surface area contributed by atoms with E-state index in [1.165, 1.54) is 0 Å². The summed E-state index contributed by atoms with van der Waals surface area (Å²) in [6.07, 6.45) is 3.80. The van der Waals surface area contributed by atoms with Crippen LogP contribution < -0.4 is 10.5 Å². The molecule has 0 bridgehead atoms. The first-order chi connectivity index (χ1) is 8.60. The Morgan fingerprint density at radius 2 is 2.28 bits per heavy atom. The van der Waals surface area contributed by atoms with Crippen molar-refractivity contribution in [3.05, 3.63) is 47.3 Å². The number of thiocarbonyl (C=S) groups is 1. The molecule has 1 aromatic heterocycles. The summed E-state index contributed by atoms with van der Waals surface area (Å²) < 4.78 is 7.19. The van der Waals surface area contributed by atoms with E-state index in [4.69, 9.17) is 22.7 Å². The third-order valence-electron chi connectivity index (χ3n) is 2.66. The van der Waals surface area contributed by atoms with Gasteiger partial charge in [0.2, 0.25) is 0 Å². The Bertz CT molecular complexity index is 577. The van der Waals surface area contributed by atoms with Crippen LogP contribution in [0.3, 0.4) is 0 Å². The maximum absolute atomic E-state index is 5.64.